The monoisotopic (exact) mass is 301 g/mol. The number of hydrogen-bond acceptors (Lipinski definition) is 3. The molecule has 0 radical (unpaired) electrons. The first-order chi connectivity index (χ1) is 10.5. The smallest absolute Gasteiger partial charge is 0.271 e. The molecular formula is C15H19N5O2. The van der Waals surface area contributed by atoms with E-state index in [9.17, 15) is 9.59 Å². The summed E-state index contributed by atoms with van der Waals surface area (Å²) in [5.41, 5.74) is 2.00. The Bertz CT molecular complexity index is 711. The van der Waals surface area contributed by atoms with E-state index in [1.165, 1.54) is 0 Å². The van der Waals surface area contributed by atoms with E-state index in [2.05, 4.69) is 10.4 Å². The Morgan fingerprint density at radius 2 is 2.23 bits per heavy atom. The maximum atomic E-state index is 12.2. The number of aryl methyl sites for hydroxylation is 2. The van der Waals surface area contributed by atoms with E-state index >= 15 is 0 Å². The number of nitrogens with one attached hydrogen (secondary N) is 1. The number of aromatic nitrogens is 3. The molecule has 7 nitrogen and oxygen atoms in total. The molecule has 0 aromatic carbocycles. The standard InChI is InChI=1S/C15H19N5O2/c1-10-7-12(17-19(10)3)14(21)16-8-11-9-20-6-4-5-13(20)15(22)18(11)2/h4-7,11H,8-9H2,1-3H3,(H,16,21). The Labute approximate surface area is 128 Å². The first-order valence-electron chi connectivity index (χ1n) is 7.18. The van der Waals surface area contributed by atoms with Gasteiger partial charge in [-0.1, -0.05) is 0 Å². The maximum absolute atomic E-state index is 12.2. The van der Waals surface area contributed by atoms with Crippen LogP contribution >= 0.6 is 0 Å². The topological polar surface area (TPSA) is 72.2 Å². The second kappa shape index (κ2) is 5.32. The highest BCUT2D eigenvalue weighted by molar-refractivity contribution is 5.94. The van der Waals surface area contributed by atoms with Crippen LogP contribution in [0.5, 0.6) is 0 Å². The Kier molecular flexibility index (Phi) is 3.48. The van der Waals surface area contributed by atoms with E-state index in [0.29, 0.717) is 24.5 Å². The van der Waals surface area contributed by atoms with Gasteiger partial charge in [0.1, 0.15) is 11.4 Å². The third-order valence-corrected chi connectivity index (χ3v) is 4.17. The molecule has 1 unspecified atom stereocenters. The maximum Gasteiger partial charge on any atom is 0.271 e. The van der Waals surface area contributed by atoms with Gasteiger partial charge in [0.05, 0.1) is 6.04 Å². The van der Waals surface area contributed by atoms with Crippen molar-refractivity contribution in [1.29, 1.82) is 0 Å². The van der Waals surface area contributed by atoms with Gasteiger partial charge in [0.15, 0.2) is 0 Å². The number of carbonyl (C=O) groups excluding carboxylic acids is 2. The van der Waals surface area contributed by atoms with Crippen molar-refractivity contribution in [3.8, 4) is 0 Å². The van der Waals surface area contributed by atoms with Gasteiger partial charge in [0.2, 0.25) is 0 Å². The van der Waals surface area contributed by atoms with Crippen LogP contribution in [0.1, 0.15) is 26.7 Å². The summed E-state index contributed by atoms with van der Waals surface area (Å²) in [5.74, 6) is -0.243. The van der Waals surface area contributed by atoms with Gasteiger partial charge in [0, 0.05) is 39.1 Å². The molecule has 116 valence electrons. The molecule has 0 saturated carbocycles. The van der Waals surface area contributed by atoms with Crippen LogP contribution in [-0.4, -0.2) is 50.7 Å². The van der Waals surface area contributed by atoms with Crippen LogP contribution in [-0.2, 0) is 13.6 Å². The summed E-state index contributed by atoms with van der Waals surface area (Å²) in [5, 5.41) is 7.02. The van der Waals surface area contributed by atoms with Crippen molar-refractivity contribution in [1.82, 2.24) is 24.6 Å². The number of rotatable bonds is 3. The summed E-state index contributed by atoms with van der Waals surface area (Å²) in [4.78, 5) is 26.0. The van der Waals surface area contributed by atoms with Gasteiger partial charge < -0.3 is 14.8 Å². The van der Waals surface area contributed by atoms with E-state index in [-0.39, 0.29) is 17.9 Å². The Morgan fingerprint density at radius 3 is 2.91 bits per heavy atom. The fourth-order valence-corrected chi connectivity index (χ4v) is 2.64. The highest BCUT2D eigenvalue weighted by Crippen LogP contribution is 2.16. The van der Waals surface area contributed by atoms with Crippen LogP contribution in [0.2, 0.25) is 0 Å². The summed E-state index contributed by atoms with van der Waals surface area (Å²) in [6, 6.07) is 5.35. The van der Waals surface area contributed by atoms with Crippen LogP contribution in [0, 0.1) is 6.92 Å². The average molecular weight is 301 g/mol. The lowest BCUT2D eigenvalue weighted by Gasteiger charge is -2.33. The van der Waals surface area contributed by atoms with Crippen molar-refractivity contribution in [3.63, 3.8) is 0 Å². The van der Waals surface area contributed by atoms with Crippen molar-refractivity contribution in [2.24, 2.45) is 7.05 Å². The molecule has 1 N–H and O–H groups in total. The number of nitrogens with zero attached hydrogens (tertiary/aromatic N) is 4. The minimum absolute atomic E-state index is 0.0239. The molecule has 2 aromatic rings. The molecule has 2 aromatic heterocycles. The zero-order valence-electron chi connectivity index (χ0n) is 12.9. The molecule has 2 amide bonds. The normalized spacial score (nSPS) is 17.5. The van der Waals surface area contributed by atoms with Crippen LogP contribution < -0.4 is 5.32 Å². The number of hydrogen-bond donors (Lipinski definition) is 1. The summed E-state index contributed by atoms with van der Waals surface area (Å²) in [6.07, 6.45) is 1.89. The van der Waals surface area contributed by atoms with Crippen molar-refractivity contribution in [2.45, 2.75) is 19.5 Å². The molecule has 1 atom stereocenters. The van der Waals surface area contributed by atoms with Gasteiger partial charge in [-0.05, 0) is 25.1 Å². The van der Waals surface area contributed by atoms with Gasteiger partial charge >= 0.3 is 0 Å². The quantitative estimate of drug-likeness (QED) is 0.893. The van der Waals surface area contributed by atoms with Crippen LogP contribution in [0.15, 0.2) is 24.4 Å². The fraction of sp³-hybridized carbons (Fsp3) is 0.400. The predicted octanol–water partition coefficient (Wildman–Crippen LogP) is 0.414. The third-order valence-electron chi connectivity index (χ3n) is 4.17. The van der Waals surface area contributed by atoms with Crippen molar-refractivity contribution >= 4 is 11.8 Å². The highest BCUT2D eigenvalue weighted by atomic mass is 16.2. The number of fused-ring (bicyclic) bond motifs is 1. The predicted molar refractivity (Wildman–Crippen MR) is 80.6 cm³/mol. The van der Waals surface area contributed by atoms with E-state index in [0.717, 1.165) is 5.69 Å². The van der Waals surface area contributed by atoms with E-state index in [1.54, 1.807) is 29.7 Å². The minimum Gasteiger partial charge on any atom is -0.349 e. The molecule has 0 saturated heterocycles. The fourth-order valence-electron chi connectivity index (χ4n) is 2.64. The first kappa shape index (κ1) is 14.4. The lowest BCUT2D eigenvalue weighted by atomic mass is 10.1. The van der Waals surface area contributed by atoms with Gasteiger partial charge in [-0.15, -0.1) is 0 Å². The number of likely N-dealkylation sites (N-methyl/N-ethyl adjacent to an activating group) is 1. The average Bonchev–Trinajstić information content (AvgIpc) is 3.08. The molecule has 1 aliphatic heterocycles. The van der Waals surface area contributed by atoms with Gasteiger partial charge in [0.25, 0.3) is 11.8 Å². The molecule has 3 heterocycles. The molecule has 3 rings (SSSR count). The second-order valence-corrected chi connectivity index (χ2v) is 5.62. The van der Waals surface area contributed by atoms with E-state index < -0.39 is 0 Å². The molecule has 1 aliphatic rings. The van der Waals surface area contributed by atoms with Crippen molar-refractivity contribution in [3.05, 3.63) is 41.5 Å². The van der Waals surface area contributed by atoms with Crippen LogP contribution in [0.25, 0.3) is 0 Å². The molecule has 22 heavy (non-hydrogen) atoms. The highest BCUT2D eigenvalue weighted by Gasteiger charge is 2.29. The molecule has 7 heteroatoms. The number of amides is 2. The van der Waals surface area contributed by atoms with E-state index in [1.807, 2.05) is 29.8 Å². The van der Waals surface area contributed by atoms with Gasteiger partial charge in [-0.25, -0.2) is 0 Å². The Hall–Kier alpha value is -2.57. The molecule has 0 aliphatic carbocycles. The van der Waals surface area contributed by atoms with Crippen LogP contribution in [0.3, 0.4) is 0 Å². The summed E-state index contributed by atoms with van der Waals surface area (Å²) in [6.45, 7) is 2.96. The van der Waals surface area contributed by atoms with E-state index in [4.69, 9.17) is 0 Å². The molecule has 0 fully saturated rings. The third kappa shape index (κ3) is 2.38. The Balaban J connectivity index is 1.67. The van der Waals surface area contributed by atoms with Crippen LogP contribution in [0.4, 0.5) is 0 Å². The molecule has 0 spiro atoms. The number of carbonyl (C=O) groups is 2. The minimum atomic E-state index is -0.220. The molecule has 0 bridgehead atoms. The Morgan fingerprint density at radius 1 is 1.45 bits per heavy atom. The summed E-state index contributed by atoms with van der Waals surface area (Å²) >= 11 is 0. The lowest BCUT2D eigenvalue weighted by molar-refractivity contribution is 0.0645. The molecular weight excluding hydrogens is 282 g/mol. The van der Waals surface area contributed by atoms with Gasteiger partial charge in [-0.3, -0.25) is 14.3 Å². The zero-order chi connectivity index (χ0) is 15.9. The van der Waals surface area contributed by atoms with Gasteiger partial charge in [-0.2, -0.15) is 5.10 Å². The van der Waals surface area contributed by atoms with Crippen molar-refractivity contribution < 1.29 is 9.59 Å². The van der Waals surface area contributed by atoms with Crippen molar-refractivity contribution in [2.75, 3.05) is 13.6 Å². The summed E-state index contributed by atoms with van der Waals surface area (Å²) < 4.78 is 3.58. The SMILES string of the molecule is Cc1cc(C(=O)NCC2Cn3cccc3C(=O)N2C)nn1C. The second-order valence-electron chi connectivity index (χ2n) is 5.62. The summed E-state index contributed by atoms with van der Waals surface area (Å²) in [7, 11) is 3.56. The first-order valence-corrected chi connectivity index (χ1v) is 7.18. The lowest BCUT2D eigenvalue weighted by Crippen LogP contribution is -2.50. The zero-order valence-corrected chi connectivity index (χ0v) is 12.9. The largest absolute Gasteiger partial charge is 0.349 e.